The fourth-order valence-electron chi connectivity index (χ4n) is 0.971. The van der Waals surface area contributed by atoms with Gasteiger partial charge in [-0.3, -0.25) is 4.79 Å². The molecular formula is C8H11NO3. The number of esters is 1. The summed E-state index contributed by atoms with van der Waals surface area (Å²) in [6.45, 7) is 3.58. The fraction of sp³-hybridized carbons (Fsp3) is 0.500. The standard InChI is InChI=1S/C8H11NO3/c1-5-7(4-8(10)11-3)6(2)12-9-5/h4H2,1-3H3. The Hall–Kier alpha value is -1.32. The lowest BCUT2D eigenvalue weighted by atomic mass is 10.1. The van der Waals surface area contributed by atoms with Gasteiger partial charge in [-0.2, -0.15) is 0 Å². The second kappa shape index (κ2) is 3.38. The molecule has 0 bridgehead atoms. The lowest BCUT2D eigenvalue weighted by Gasteiger charge is -1.96. The van der Waals surface area contributed by atoms with Crippen LogP contribution in [0.2, 0.25) is 0 Å². The molecule has 66 valence electrons. The first-order valence-electron chi connectivity index (χ1n) is 3.63. The second-order valence-corrected chi connectivity index (χ2v) is 2.56. The molecule has 0 radical (unpaired) electrons. The van der Waals surface area contributed by atoms with Gasteiger partial charge < -0.3 is 9.26 Å². The van der Waals surface area contributed by atoms with E-state index in [4.69, 9.17) is 4.52 Å². The van der Waals surface area contributed by atoms with Crippen LogP contribution >= 0.6 is 0 Å². The van der Waals surface area contributed by atoms with Gasteiger partial charge >= 0.3 is 5.97 Å². The smallest absolute Gasteiger partial charge is 0.310 e. The maximum atomic E-state index is 10.9. The minimum Gasteiger partial charge on any atom is -0.469 e. The third kappa shape index (κ3) is 1.64. The van der Waals surface area contributed by atoms with Crippen LogP contribution in [0.3, 0.4) is 0 Å². The van der Waals surface area contributed by atoms with Gasteiger partial charge in [0.1, 0.15) is 5.76 Å². The molecule has 0 fully saturated rings. The van der Waals surface area contributed by atoms with E-state index in [-0.39, 0.29) is 12.4 Å². The van der Waals surface area contributed by atoms with Gasteiger partial charge in [-0.05, 0) is 13.8 Å². The summed E-state index contributed by atoms with van der Waals surface area (Å²) in [5.41, 5.74) is 1.57. The third-order valence-electron chi connectivity index (χ3n) is 1.73. The SMILES string of the molecule is COC(=O)Cc1c(C)noc1C. The lowest BCUT2D eigenvalue weighted by molar-refractivity contribution is -0.139. The van der Waals surface area contributed by atoms with Crippen LogP contribution in [0.15, 0.2) is 4.52 Å². The predicted molar refractivity (Wildman–Crippen MR) is 41.7 cm³/mol. The molecule has 1 aromatic heterocycles. The molecule has 4 nitrogen and oxygen atoms in total. The molecule has 0 N–H and O–H groups in total. The number of methoxy groups -OCH3 is 1. The Bertz CT molecular complexity index is 271. The fourth-order valence-corrected chi connectivity index (χ4v) is 0.971. The summed E-state index contributed by atoms with van der Waals surface area (Å²) >= 11 is 0. The van der Waals surface area contributed by atoms with Crippen LogP contribution in [0.25, 0.3) is 0 Å². The van der Waals surface area contributed by atoms with Crippen molar-refractivity contribution in [2.75, 3.05) is 7.11 Å². The van der Waals surface area contributed by atoms with Crippen molar-refractivity contribution < 1.29 is 14.1 Å². The summed E-state index contributed by atoms with van der Waals surface area (Å²) in [4.78, 5) is 10.9. The van der Waals surface area contributed by atoms with Crippen LogP contribution in [-0.4, -0.2) is 18.2 Å². The molecule has 1 rings (SSSR count). The molecule has 1 aromatic rings. The van der Waals surface area contributed by atoms with Crippen molar-refractivity contribution in [1.29, 1.82) is 0 Å². The van der Waals surface area contributed by atoms with Crippen LogP contribution in [0.4, 0.5) is 0 Å². The van der Waals surface area contributed by atoms with Crippen LogP contribution in [0.5, 0.6) is 0 Å². The number of nitrogens with zero attached hydrogens (tertiary/aromatic N) is 1. The highest BCUT2D eigenvalue weighted by Gasteiger charge is 2.12. The molecule has 0 amide bonds. The molecule has 0 aliphatic heterocycles. The van der Waals surface area contributed by atoms with E-state index < -0.39 is 0 Å². The highest BCUT2D eigenvalue weighted by Crippen LogP contribution is 2.12. The zero-order valence-corrected chi connectivity index (χ0v) is 7.38. The average Bonchev–Trinajstić information content (AvgIpc) is 2.35. The molecule has 0 saturated carbocycles. The third-order valence-corrected chi connectivity index (χ3v) is 1.73. The largest absolute Gasteiger partial charge is 0.469 e. The van der Waals surface area contributed by atoms with Gasteiger partial charge in [0, 0.05) is 5.56 Å². The van der Waals surface area contributed by atoms with E-state index in [1.165, 1.54) is 7.11 Å². The quantitative estimate of drug-likeness (QED) is 0.620. The van der Waals surface area contributed by atoms with Crippen LogP contribution < -0.4 is 0 Å². The molecular weight excluding hydrogens is 158 g/mol. The molecule has 0 spiro atoms. The Balaban J connectivity index is 2.80. The maximum absolute atomic E-state index is 10.9. The number of hydrogen-bond acceptors (Lipinski definition) is 4. The van der Waals surface area contributed by atoms with E-state index in [2.05, 4.69) is 9.89 Å². The lowest BCUT2D eigenvalue weighted by Crippen LogP contribution is -2.05. The van der Waals surface area contributed by atoms with Crippen LogP contribution in [0, 0.1) is 13.8 Å². The summed E-state index contributed by atoms with van der Waals surface area (Å²) in [5, 5.41) is 3.72. The van der Waals surface area contributed by atoms with Gasteiger partial charge in [0.15, 0.2) is 0 Å². The zero-order chi connectivity index (χ0) is 9.14. The first kappa shape index (κ1) is 8.77. The Morgan fingerprint density at radius 3 is 2.67 bits per heavy atom. The van der Waals surface area contributed by atoms with Crippen molar-refractivity contribution in [2.24, 2.45) is 0 Å². The Morgan fingerprint density at radius 1 is 1.58 bits per heavy atom. The maximum Gasteiger partial charge on any atom is 0.310 e. The highest BCUT2D eigenvalue weighted by molar-refractivity contribution is 5.72. The van der Waals surface area contributed by atoms with Crippen molar-refractivity contribution >= 4 is 5.97 Å². The zero-order valence-electron chi connectivity index (χ0n) is 7.38. The normalized spacial score (nSPS) is 9.92. The summed E-state index contributed by atoms with van der Waals surface area (Å²) in [5.74, 6) is 0.405. The van der Waals surface area contributed by atoms with Gasteiger partial charge in [0.05, 0.1) is 19.2 Å². The molecule has 0 aliphatic carbocycles. The van der Waals surface area contributed by atoms with Crippen molar-refractivity contribution in [3.05, 3.63) is 17.0 Å². The molecule has 1 heterocycles. The Kier molecular flexibility index (Phi) is 2.47. The van der Waals surface area contributed by atoms with Gasteiger partial charge in [-0.1, -0.05) is 5.16 Å². The summed E-state index contributed by atoms with van der Waals surface area (Å²) < 4.78 is 9.41. The molecule has 4 heteroatoms. The molecule has 0 aliphatic rings. The molecule has 12 heavy (non-hydrogen) atoms. The van der Waals surface area contributed by atoms with Gasteiger partial charge in [-0.25, -0.2) is 0 Å². The van der Waals surface area contributed by atoms with Gasteiger partial charge in [0.25, 0.3) is 0 Å². The van der Waals surface area contributed by atoms with E-state index in [0.717, 1.165) is 11.3 Å². The minimum atomic E-state index is -0.274. The van der Waals surface area contributed by atoms with Crippen molar-refractivity contribution in [2.45, 2.75) is 20.3 Å². The Labute approximate surface area is 70.5 Å². The van der Waals surface area contributed by atoms with Crippen LogP contribution in [0.1, 0.15) is 17.0 Å². The minimum absolute atomic E-state index is 0.234. The van der Waals surface area contributed by atoms with E-state index in [1.807, 2.05) is 0 Å². The monoisotopic (exact) mass is 169 g/mol. The first-order chi connectivity index (χ1) is 5.65. The van der Waals surface area contributed by atoms with Gasteiger partial charge in [-0.15, -0.1) is 0 Å². The van der Waals surface area contributed by atoms with E-state index in [1.54, 1.807) is 13.8 Å². The van der Waals surface area contributed by atoms with E-state index >= 15 is 0 Å². The van der Waals surface area contributed by atoms with Gasteiger partial charge in [0.2, 0.25) is 0 Å². The molecule has 0 atom stereocenters. The number of carbonyl (C=O) groups excluding carboxylic acids is 1. The second-order valence-electron chi connectivity index (χ2n) is 2.56. The highest BCUT2D eigenvalue weighted by atomic mass is 16.5. The first-order valence-corrected chi connectivity index (χ1v) is 3.63. The number of carbonyl (C=O) groups is 1. The average molecular weight is 169 g/mol. The summed E-state index contributed by atoms with van der Waals surface area (Å²) in [7, 11) is 1.36. The van der Waals surface area contributed by atoms with E-state index in [9.17, 15) is 4.79 Å². The molecule has 0 saturated heterocycles. The van der Waals surface area contributed by atoms with Crippen molar-refractivity contribution in [3.63, 3.8) is 0 Å². The number of ether oxygens (including phenoxy) is 1. The number of rotatable bonds is 2. The summed E-state index contributed by atoms with van der Waals surface area (Å²) in [6.07, 6.45) is 0.234. The molecule has 0 aromatic carbocycles. The van der Waals surface area contributed by atoms with E-state index in [0.29, 0.717) is 5.76 Å². The van der Waals surface area contributed by atoms with Crippen LogP contribution in [-0.2, 0) is 16.0 Å². The van der Waals surface area contributed by atoms with Crippen molar-refractivity contribution in [1.82, 2.24) is 5.16 Å². The molecule has 0 unspecified atom stereocenters. The number of aryl methyl sites for hydroxylation is 2. The van der Waals surface area contributed by atoms with Crippen molar-refractivity contribution in [3.8, 4) is 0 Å². The predicted octanol–water partition coefficient (Wildman–Crippen LogP) is 1.01. The topological polar surface area (TPSA) is 52.3 Å². The summed E-state index contributed by atoms with van der Waals surface area (Å²) in [6, 6.07) is 0. The Morgan fingerprint density at radius 2 is 2.25 bits per heavy atom. The number of hydrogen-bond donors (Lipinski definition) is 0. The number of aromatic nitrogens is 1.